The van der Waals surface area contributed by atoms with E-state index in [1.54, 1.807) is 0 Å². The molecule has 1 aromatic heterocycles. The highest BCUT2D eigenvalue weighted by Crippen LogP contribution is 2.31. The number of benzene rings is 2. The van der Waals surface area contributed by atoms with Crippen LogP contribution in [0.4, 0.5) is 13.2 Å². The van der Waals surface area contributed by atoms with E-state index in [4.69, 9.17) is 21.3 Å². The van der Waals surface area contributed by atoms with Crippen molar-refractivity contribution >= 4 is 23.4 Å². The van der Waals surface area contributed by atoms with Crippen LogP contribution >= 0.6 is 11.6 Å². The maximum absolute atomic E-state index is 12.9. The van der Waals surface area contributed by atoms with Crippen LogP contribution < -0.4 is 15.4 Å². The first-order valence-corrected chi connectivity index (χ1v) is 13.6. The first kappa shape index (κ1) is 32.0. The zero-order chi connectivity index (χ0) is 30.3. The summed E-state index contributed by atoms with van der Waals surface area (Å²) >= 11 is 6.08. The van der Waals surface area contributed by atoms with E-state index >= 15 is 0 Å². The predicted molar refractivity (Wildman–Crippen MR) is 150 cm³/mol. The number of aliphatic hydroxyl groups excluding tert-OH is 1. The lowest BCUT2D eigenvalue weighted by Gasteiger charge is -2.20. The molecule has 1 unspecified atom stereocenters. The van der Waals surface area contributed by atoms with Gasteiger partial charge in [-0.15, -0.1) is 0 Å². The standard InChI is InChI=1S/C29H34ClF3N4O4/c1-5-37-16-25(36-27(37)17(2)34-19(4)39)21-8-6-20(7-9-21)14-23(12-13-38)35-28(40)22-10-11-26(24(30)15-22)41-18(3)29(31,32)33/h6-11,15-18,23,38H,5,12-14H2,1-4H3,(H,34,39)(H,35,40)/t17-,18-,23?/m0/s1. The molecule has 3 aromatic rings. The normalized spacial score (nSPS) is 13.8. The molecule has 8 nitrogen and oxygen atoms in total. The fourth-order valence-electron chi connectivity index (χ4n) is 4.28. The van der Waals surface area contributed by atoms with Gasteiger partial charge in [0.1, 0.15) is 11.6 Å². The Kier molecular flexibility index (Phi) is 10.8. The van der Waals surface area contributed by atoms with Crippen molar-refractivity contribution in [1.82, 2.24) is 20.2 Å². The van der Waals surface area contributed by atoms with Gasteiger partial charge in [0.15, 0.2) is 6.10 Å². The number of hydrogen-bond donors (Lipinski definition) is 3. The maximum atomic E-state index is 12.9. The Morgan fingerprint density at radius 3 is 2.37 bits per heavy atom. The van der Waals surface area contributed by atoms with Crippen LogP contribution in [0.25, 0.3) is 11.3 Å². The van der Waals surface area contributed by atoms with E-state index in [1.165, 1.54) is 25.1 Å². The number of aromatic nitrogens is 2. The third kappa shape index (κ3) is 8.71. The summed E-state index contributed by atoms with van der Waals surface area (Å²) in [5.74, 6) is -0.0471. The van der Waals surface area contributed by atoms with Gasteiger partial charge in [0.25, 0.3) is 5.91 Å². The number of nitrogens with zero attached hydrogens (tertiary/aromatic N) is 2. The molecule has 3 rings (SSSR count). The minimum absolute atomic E-state index is 0.122. The highest BCUT2D eigenvalue weighted by atomic mass is 35.5. The SMILES string of the molecule is CCn1cc(-c2ccc(CC(CCO)NC(=O)c3ccc(O[C@@H](C)C(F)(F)F)c(Cl)c3)cc2)nc1[C@H](C)NC(C)=O. The molecule has 0 aliphatic rings. The highest BCUT2D eigenvalue weighted by Gasteiger charge is 2.38. The van der Waals surface area contributed by atoms with Gasteiger partial charge >= 0.3 is 6.18 Å². The summed E-state index contributed by atoms with van der Waals surface area (Å²) in [5, 5.41) is 15.1. The minimum Gasteiger partial charge on any atom is -0.480 e. The second-order valence-corrected chi connectivity index (χ2v) is 10.1. The molecule has 0 radical (unpaired) electrons. The second-order valence-electron chi connectivity index (χ2n) is 9.72. The number of rotatable bonds is 12. The zero-order valence-corrected chi connectivity index (χ0v) is 24.0. The molecule has 0 aliphatic heterocycles. The molecular formula is C29H34ClF3N4O4. The third-order valence-electron chi connectivity index (χ3n) is 6.46. The van der Waals surface area contributed by atoms with Crippen LogP contribution in [0.15, 0.2) is 48.7 Å². The van der Waals surface area contributed by atoms with Gasteiger partial charge in [-0.25, -0.2) is 4.98 Å². The van der Waals surface area contributed by atoms with Gasteiger partial charge < -0.3 is 25.0 Å². The van der Waals surface area contributed by atoms with Gasteiger partial charge in [0, 0.05) is 43.4 Å². The van der Waals surface area contributed by atoms with Gasteiger partial charge in [0.2, 0.25) is 5.91 Å². The van der Waals surface area contributed by atoms with Crippen molar-refractivity contribution in [2.24, 2.45) is 0 Å². The van der Waals surface area contributed by atoms with Crippen molar-refractivity contribution in [3.05, 3.63) is 70.6 Å². The summed E-state index contributed by atoms with van der Waals surface area (Å²) < 4.78 is 45.3. The van der Waals surface area contributed by atoms with E-state index in [2.05, 4.69) is 10.6 Å². The lowest BCUT2D eigenvalue weighted by atomic mass is 10.0. The molecule has 3 N–H and O–H groups in total. The van der Waals surface area contributed by atoms with Gasteiger partial charge in [-0.1, -0.05) is 35.9 Å². The number of ether oxygens (including phenoxy) is 1. The van der Waals surface area contributed by atoms with E-state index in [-0.39, 0.29) is 41.3 Å². The molecule has 2 aromatic carbocycles. The third-order valence-corrected chi connectivity index (χ3v) is 6.75. The summed E-state index contributed by atoms with van der Waals surface area (Å²) in [4.78, 5) is 29.1. The number of aryl methyl sites for hydroxylation is 1. The fraction of sp³-hybridized carbons (Fsp3) is 0.414. The number of alkyl halides is 3. The van der Waals surface area contributed by atoms with Gasteiger partial charge in [-0.2, -0.15) is 13.2 Å². The Morgan fingerprint density at radius 1 is 1.12 bits per heavy atom. The Morgan fingerprint density at radius 2 is 1.80 bits per heavy atom. The molecule has 0 saturated carbocycles. The van der Waals surface area contributed by atoms with Crippen LogP contribution in [0.2, 0.25) is 5.02 Å². The summed E-state index contributed by atoms with van der Waals surface area (Å²) in [6.45, 7) is 6.75. The van der Waals surface area contributed by atoms with Crippen molar-refractivity contribution in [1.29, 1.82) is 0 Å². The average Bonchev–Trinajstić information content (AvgIpc) is 3.34. The van der Waals surface area contributed by atoms with Crippen LogP contribution in [0, 0.1) is 0 Å². The lowest BCUT2D eigenvalue weighted by Crippen LogP contribution is -2.37. The van der Waals surface area contributed by atoms with E-state index in [1.807, 2.05) is 48.9 Å². The number of hydrogen-bond acceptors (Lipinski definition) is 5. The summed E-state index contributed by atoms with van der Waals surface area (Å²) in [5.41, 5.74) is 2.71. The van der Waals surface area contributed by atoms with Crippen LogP contribution in [0.3, 0.4) is 0 Å². The molecular weight excluding hydrogens is 561 g/mol. The largest absolute Gasteiger partial charge is 0.480 e. The van der Waals surface area contributed by atoms with Crippen molar-refractivity contribution < 1.29 is 32.6 Å². The molecule has 0 bridgehead atoms. The monoisotopic (exact) mass is 594 g/mol. The van der Waals surface area contributed by atoms with E-state index in [0.717, 1.165) is 29.6 Å². The average molecular weight is 595 g/mol. The van der Waals surface area contributed by atoms with E-state index in [0.29, 0.717) is 13.0 Å². The molecule has 1 heterocycles. The number of aliphatic hydroxyl groups is 1. The van der Waals surface area contributed by atoms with Crippen molar-refractivity contribution in [2.45, 2.75) is 71.4 Å². The molecule has 222 valence electrons. The first-order chi connectivity index (χ1) is 19.3. The quantitative estimate of drug-likeness (QED) is 0.258. The second kappa shape index (κ2) is 13.9. The molecule has 0 spiro atoms. The molecule has 0 fully saturated rings. The van der Waals surface area contributed by atoms with Crippen molar-refractivity contribution in [3.63, 3.8) is 0 Å². The van der Waals surface area contributed by atoms with Gasteiger partial charge in [-0.3, -0.25) is 9.59 Å². The van der Waals surface area contributed by atoms with Crippen LogP contribution in [-0.4, -0.2) is 51.4 Å². The topological polar surface area (TPSA) is 105 Å². The van der Waals surface area contributed by atoms with Crippen LogP contribution in [0.5, 0.6) is 5.75 Å². The Balaban J connectivity index is 1.69. The molecule has 12 heteroatoms. The smallest absolute Gasteiger partial charge is 0.425 e. The predicted octanol–water partition coefficient (Wildman–Crippen LogP) is 5.47. The number of carbonyl (C=O) groups excluding carboxylic acids is 2. The van der Waals surface area contributed by atoms with Crippen molar-refractivity contribution in [3.8, 4) is 17.0 Å². The maximum Gasteiger partial charge on any atom is 0.425 e. The van der Waals surface area contributed by atoms with Gasteiger partial charge in [-0.05, 0) is 57.4 Å². The number of amides is 2. The molecule has 3 atom stereocenters. The first-order valence-electron chi connectivity index (χ1n) is 13.2. The molecule has 0 aliphatic carbocycles. The van der Waals surface area contributed by atoms with E-state index < -0.39 is 24.2 Å². The summed E-state index contributed by atoms with van der Waals surface area (Å²) in [6.07, 6.45) is -3.96. The Bertz CT molecular complexity index is 1340. The number of halogens is 4. The summed E-state index contributed by atoms with van der Waals surface area (Å²) in [7, 11) is 0. The van der Waals surface area contributed by atoms with Gasteiger partial charge in [0.05, 0.1) is 16.8 Å². The van der Waals surface area contributed by atoms with E-state index in [9.17, 15) is 27.9 Å². The number of carbonyl (C=O) groups is 2. The number of nitrogens with one attached hydrogen (secondary N) is 2. The van der Waals surface area contributed by atoms with Crippen molar-refractivity contribution in [2.75, 3.05) is 6.61 Å². The summed E-state index contributed by atoms with van der Waals surface area (Å²) in [6, 6.07) is 10.8. The fourth-order valence-corrected chi connectivity index (χ4v) is 4.50. The van der Waals surface area contributed by atoms with Crippen LogP contribution in [-0.2, 0) is 17.8 Å². The van der Waals surface area contributed by atoms with Crippen LogP contribution in [0.1, 0.15) is 61.9 Å². The lowest BCUT2D eigenvalue weighted by molar-refractivity contribution is -0.189. The minimum atomic E-state index is -4.55. The molecule has 41 heavy (non-hydrogen) atoms. The zero-order valence-electron chi connectivity index (χ0n) is 23.3. The number of imidazole rings is 1. The highest BCUT2D eigenvalue weighted by molar-refractivity contribution is 6.32. The molecule has 2 amide bonds. The Hall–Kier alpha value is -3.57. The molecule has 0 saturated heterocycles. The Labute approximate surface area is 241 Å².